The van der Waals surface area contributed by atoms with E-state index in [9.17, 15) is 8.78 Å². The maximum absolute atomic E-state index is 12.6. The molecule has 0 unspecified atom stereocenters. The summed E-state index contributed by atoms with van der Waals surface area (Å²) in [6.45, 7) is 2.00. The lowest BCUT2D eigenvalue weighted by molar-refractivity contribution is 0.325. The Bertz CT molecular complexity index is 310. The number of hydrogen-bond donors (Lipinski definition) is 1. The highest BCUT2D eigenvalue weighted by atomic mass is 35.5. The molecular weight excluding hydrogens is 212 g/mol. The Labute approximate surface area is 86.8 Å². The Kier molecular flexibility index (Phi) is 5.09. The standard InChI is InChI=1S/C9H9F2NO.ClH/c1-2-13-9(12)6-3-7(10)5-8(11)4-6;/h3-5,12H,2H2,1H3;1H. The van der Waals surface area contributed by atoms with Gasteiger partial charge in [-0.25, -0.2) is 8.78 Å². The highest BCUT2D eigenvalue weighted by Gasteiger charge is 2.05. The third-order valence-electron chi connectivity index (χ3n) is 1.41. The van der Waals surface area contributed by atoms with Crippen LogP contribution < -0.4 is 0 Å². The molecule has 0 heterocycles. The van der Waals surface area contributed by atoms with E-state index in [1.54, 1.807) is 6.92 Å². The SMILES string of the molecule is CCOC(=N)c1cc(F)cc(F)c1.Cl. The minimum atomic E-state index is -0.709. The minimum absolute atomic E-state index is 0. The average Bonchev–Trinajstić information content (AvgIpc) is 2.03. The molecule has 0 bridgehead atoms. The largest absolute Gasteiger partial charge is 0.478 e. The Morgan fingerprint density at radius 1 is 1.29 bits per heavy atom. The van der Waals surface area contributed by atoms with Crippen molar-refractivity contribution in [3.63, 3.8) is 0 Å². The van der Waals surface area contributed by atoms with Crippen molar-refractivity contribution in [2.75, 3.05) is 6.61 Å². The van der Waals surface area contributed by atoms with Gasteiger partial charge in [0.2, 0.25) is 5.90 Å². The highest BCUT2D eigenvalue weighted by molar-refractivity contribution is 5.91. The van der Waals surface area contributed by atoms with E-state index in [2.05, 4.69) is 0 Å². The molecule has 0 aliphatic rings. The van der Waals surface area contributed by atoms with Gasteiger partial charge in [0, 0.05) is 11.6 Å². The third-order valence-corrected chi connectivity index (χ3v) is 1.41. The number of ether oxygens (including phenoxy) is 1. The Morgan fingerprint density at radius 2 is 1.79 bits per heavy atom. The lowest BCUT2D eigenvalue weighted by Crippen LogP contribution is -2.05. The second-order valence-electron chi connectivity index (χ2n) is 2.42. The number of benzene rings is 1. The normalized spacial score (nSPS) is 9.07. The van der Waals surface area contributed by atoms with Crippen molar-refractivity contribution in [3.8, 4) is 0 Å². The molecule has 1 N–H and O–H groups in total. The summed E-state index contributed by atoms with van der Waals surface area (Å²) in [7, 11) is 0. The van der Waals surface area contributed by atoms with Crippen molar-refractivity contribution < 1.29 is 13.5 Å². The van der Waals surface area contributed by atoms with Crippen LogP contribution in [0.2, 0.25) is 0 Å². The average molecular weight is 222 g/mol. The first-order chi connectivity index (χ1) is 6.13. The smallest absolute Gasteiger partial charge is 0.213 e. The summed E-state index contributed by atoms with van der Waals surface area (Å²) in [5.41, 5.74) is 0.111. The number of hydrogen-bond acceptors (Lipinski definition) is 2. The van der Waals surface area contributed by atoms with Crippen LogP contribution in [0.1, 0.15) is 12.5 Å². The van der Waals surface area contributed by atoms with Gasteiger partial charge in [-0.05, 0) is 19.1 Å². The Morgan fingerprint density at radius 3 is 2.21 bits per heavy atom. The van der Waals surface area contributed by atoms with Gasteiger partial charge in [0.15, 0.2) is 0 Å². The second kappa shape index (κ2) is 5.54. The van der Waals surface area contributed by atoms with Crippen molar-refractivity contribution in [2.45, 2.75) is 6.92 Å². The molecule has 5 heteroatoms. The first-order valence-electron chi connectivity index (χ1n) is 3.81. The van der Waals surface area contributed by atoms with E-state index in [0.717, 1.165) is 18.2 Å². The van der Waals surface area contributed by atoms with Crippen LogP contribution in [-0.4, -0.2) is 12.5 Å². The van der Waals surface area contributed by atoms with Crippen LogP contribution in [0.25, 0.3) is 0 Å². The predicted molar refractivity (Wildman–Crippen MR) is 52.1 cm³/mol. The van der Waals surface area contributed by atoms with E-state index in [1.807, 2.05) is 0 Å². The second-order valence-corrected chi connectivity index (χ2v) is 2.42. The minimum Gasteiger partial charge on any atom is -0.478 e. The zero-order valence-electron chi connectivity index (χ0n) is 7.51. The van der Waals surface area contributed by atoms with Gasteiger partial charge in [0.25, 0.3) is 0 Å². The van der Waals surface area contributed by atoms with Gasteiger partial charge in [-0.2, -0.15) is 0 Å². The molecule has 0 spiro atoms. The van der Waals surface area contributed by atoms with Crippen LogP contribution in [0, 0.1) is 17.0 Å². The number of halogens is 3. The molecule has 1 rings (SSSR count). The summed E-state index contributed by atoms with van der Waals surface area (Å²) in [5.74, 6) is -1.64. The van der Waals surface area contributed by atoms with E-state index >= 15 is 0 Å². The van der Waals surface area contributed by atoms with Crippen LogP contribution in [0.4, 0.5) is 8.78 Å². The van der Waals surface area contributed by atoms with Crippen molar-refractivity contribution in [2.24, 2.45) is 0 Å². The van der Waals surface area contributed by atoms with Gasteiger partial charge in [-0.3, -0.25) is 5.41 Å². The molecule has 1 aromatic rings. The molecular formula is C9H10ClF2NO. The maximum atomic E-state index is 12.6. The van der Waals surface area contributed by atoms with Crippen LogP contribution in [0.5, 0.6) is 0 Å². The first kappa shape index (κ1) is 12.8. The van der Waals surface area contributed by atoms with E-state index in [1.165, 1.54) is 0 Å². The molecule has 0 atom stereocenters. The lowest BCUT2D eigenvalue weighted by atomic mass is 10.2. The molecule has 2 nitrogen and oxygen atoms in total. The van der Waals surface area contributed by atoms with Crippen molar-refractivity contribution in [3.05, 3.63) is 35.4 Å². The van der Waals surface area contributed by atoms with Crippen molar-refractivity contribution >= 4 is 18.3 Å². The summed E-state index contributed by atoms with van der Waals surface area (Å²) < 4.78 is 30.1. The molecule has 0 amide bonds. The maximum Gasteiger partial charge on any atom is 0.213 e. The lowest BCUT2D eigenvalue weighted by Gasteiger charge is -2.04. The summed E-state index contributed by atoms with van der Waals surface area (Å²) in [6, 6.07) is 2.87. The molecule has 0 fully saturated rings. The third kappa shape index (κ3) is 3.30. The van der Waals surface area contributed by atoms with Crippen molar-refractivity contribution in [1.29, 1.82) is 5.41 Å². The van der Waals surface area contributed by atoms with Crippen LogP contribution in [0.3, 0.4) is 0 Å². The summed E-state index contributed by atoms with van der Waals surface area (Å²) >= 11 is 0. The molecule has 0 radical (unpaired) electrons. The molecule has 0 aromatic heterocycles. The van der Waals surface area contributed by atoms with Crippen molar-refractivity contribution in [1.82, 2.24) is 0 Å². The zero-order chi connectivity index (χ0) is 9.84. The van der Waals surface area contributed by atoms with Crippen LogP contribution in [0.15, 0.2) is 18.2 Å². The quantitative estimate of drug-likeness (QED) is 0.605. The van der Waals surface area contributed by atoms with E-state index in [-0.39, 0.29) is 23.9 Å². The predicted octanol–water partition coefficient (Wildman–Crippen LogP) is 2.75. The Hall–Kier alpha value is -1.16. The van der Waals surface area contributed by atoms with Gasteiger partial charge >= 0.3 is 0 Å². The fourth-order valence-electron chi connectivity index (χ4n) is 0.913. The fraction of sp³-hybridized carbons (Fsp3) is 0.222. The van der Waals surface area contributed by atoms with Gasteiger partial charge in [0.1, 0.15) is 11.6 Å². The van der Waals surface area contributed by atoms with E-state index < -0.39 is 11.6 Å². The van der Waals surface area contributed by atoms with Crippen LogP contribution >= 0.6 is 12.4 Å². The monoisotopic (exact) mass is 221 g/mol. The molecule has 0 aliphatic heterocycles. The first-order valence-corrected chi connectivity index (χ1v) is 3.81. The zero-order valence-corrected chi connectivity index (χ0v) is 8.33. The van der Waals surface area contributed by atoms with Gasteiger partial charge in [-0.15, -0.1) is 12.4 Å². The van der Waals surface area contributed by atoms with E-state index in [4.69, 9.17) is 10.1 Å². The summed E-state index contributed by atoms with van der Waals surface area (Å²) in [4.78, 5) is 0. The van der Waals surface area contributed by atoms with Gasteiger partial charge in [-0.1, -0.05) is 0 Å². The molecule has 14 heavy (non-hydrogen) atoms. The Balaban J connectivity index is 0.00000169. The highest BCUT2D eigenvalue weighted by Crippen LogP contribution is 2.08. The number of nitrogens with one attached hydrogen (secondary N) is 1. The topological polar surface area (TPSA) is 33.1 Å². The van der Waals surface area contributed by atoms with E-state index in [0.29, 0.717) is 6.61 Å². The molecule has 0 saturated carbocycles. The molecule has 78 valence electrons. The summed E-state index contributed by atoms with van der Waals surface area (Å²) in [5, 5.41) is 7.27. The van der Waals surface area contributed by atoms with Gasteiger partial charge in [0.05, 0.1) is 6.61 Å². The summed E-state index contributed by atoms with van der Waals surface area (Å²) in [6.07, 6.45) is 0. The molecule has 0 saturated heterocycles. The molecule has 1 aromatic carbocycles. The van der Waals surface area contributed by atoms with Crippen LogP contribution in [-0.2, 0) is 4.74 Å². The number of rotatable bonds is 2. The molecule has 0 aliphatic carbocycles. The fourth-order valence-corrected chi connectivity index (χ4v) is 0.913. The van der Waals surface area contributed by atoms with Gasteiger partial charge < -0.3 is 4.74 Å².